The Kier molecular flexibility index (Phi) is 6.64. The van der Waals surface area contributed by atoms with Crippen LogP contribution < -0.4 is 15.5 Å². The molecule has 0 unspecified atom stereocenters. The normalized spacial score (nSPS) is 15.4. The number of carbonyl (C=O) groups excluding carboxylic acids is 2. The van der Waals surface area contributed by atoms with Crippen LogP contribution >= 0.6 is 0 Å². The highest BCUT2D eigenvalue weighted by molar-refractivity contribution is 5.99. The Morgan fingerprint density at radius 2 is 1.88 bits per heavy atom. The van der Waals surface area contributed by atoms with Gasteiger partial charge >= 0.3 is 0 Å². The van der Waals surface area contributed by atoms with E-state index in [1.165, 1.54) is 0 Å². The summed E-state index contributed by atoms with van der Waals surface area (Å²) in [7, 11) is 0. The standard InChI is InChI=1S/C19H29N3O2/c1-4-11-20-19(24)16-7-5-6-8-17(16)22-12-9-15(10-13-22)21-18(23)14(2)3/h5-8,14-15H,4,9-13H2,1-3H3,(H,20,24)(H,21,23). The van der Waals surface area contributed by atoms with Crippen molar-refractivity contribution in [3.05, 3.63) is 29.8 Å². The zero-order valence-electron chi connectivity index (χ0n) is 15.0. The molecule has 0 aromatic heterocycles. The lowest BCUT2D eigenvalue weighted by molar-refractivity contribution is -0.124. The first-order valence-corrected chi connectivity index (χ1v) is 8.95. The highest BCUT2D eigenvalue weighted by Gasteiger charge is 2.24. The molecule has 0 aliphatic carbocycles. The van der Waals surface area contributed by atoms with Crippen LogP contribution in [0.4, 0.5) is 5.69 Å². The van der Waals surface area contributed by atoms with E-state index in [4.69, 9.17) is 0 Å². The molecule has 1 aliphatic rings. The number of nitrogens with one attached hydrogen (secondary N) is 2. The lowest BCUT2D eigenvalue weighted by Gasteiger charge is -2.35. The third kappa shape index (κ3) is 4.73. The number of para-hydroxylation sites is 1. The van der Waals surface area contributed by atoms with Gasteiger partial charge in [-0.05, 0) is 31.4 Å². The molecule has 2 rings (SSSR count). The van der Waals surface area contributed by atoms with Crippen molar-refractivity contribution in [1.29, 1.82) is 0 Å². The van der Waals surface area contributed by atoms with Gasteiger partial charge in [0, 0.05) is 37.3 Å². The van der Waals surface area contributed by atoms with Crippen LogP contribution in [0.1, 0.15) is 50.4 Å². The molecule has 0 atom stereocenters. The summed E-state index contributed by atoms with van der Waals surface area (Å²) in [6.07, 6.45) is 2.74. The Balaban J connectivity index is 1.99. The summed E-state index contributed by atoms with van der Waals surface area (Å²) in [5.74, 6) is 0.126. The topological polar surface area (TPSA) is 61.4 Å². The van der Waals surface area contributed by atoms with Crippen LogP contribution in [0.2, 0.25) is 0 Å². The summed E-state index contributed by atoms with van der Waals surface area (Å²) in [6, 6.07) is 8.00. The first-order chi connectivity index (χ1) is 11.5. The van der Waals surface area contributed by atoms with Crippen LogP contribution in [0.3, 0.4) is 0 Å². The summed E-state index contributed by atoms with van der Waals surface area (Å²) in [5, 5.41) is 6.06. The summed E-state index contributed by atoms with van der Waals surface area (Å²) in [5.41, 5.74) is 1.72. The lowest BCUT2D eigenvalue weighted by Crippen LogP contribution is -2.46. The molecule has 1 heterocycles. The van der Waals surface area contributed by atoms with Crippen molar-refractivity contribution in [2.45, 2.75) is 46.1 Å². The van der Waals surface area contributed by atoms with Crippen molar-refractivity contribution in [2.24, 2.45) is 5.92 Å². The fourth-order valence-corrected chi connectivity index (χ4v) is 2.91. The van der Waals surface area contributed by atoms with Gasteiger partial charge in [0.25, 0.3) is 5.91 Å². The van der Waals surface area contributed by atoms with Gasteiger partial charge < -0.3 is 15.5 Å². The van der Waals surface area contributed by atoms with Crippen molar-refractivity contribution in [1.82, 2.24) is 10.6 Å². The smallest absolute Gasteiger partial charge is 0.253 e. The zero-order chi connectivity index (χ0) is 17.5. The minimum absolute atomic E-state index is 0.0114. The highest BCUT2D eigenvalue weighted by Crippen LogP contribution is 2.24. The van der Waals surface area contributed by atoms with Crippen molar-refractivity contribution in [3.8, 4) is 0 Å². The quantitative estimate of drug-likeness (QED) is 0.842. The van der Waals surface area contributed by atoms with Crippen molar-refractivity contribution in [2.75, 3.05) is 24.5 Å². The van der Waals surface area contributed by atoms with Gasteiger partial charge in [-0.2, -0.15) is 0 Å². The SMILES string of the molecule is CCCNC(=O)c1ccccc1N1CCC(NC(=O)C(C)C)CC1. The van der Waals surface area contributed by atoms with Crippen LogP contribution in [-0.4, -0.2) is 37.5 Å². The Morgan fingerprint density at radius 3 is 2.50 bits per heavy atom. The molecule has 0 spiro atoms. The van der Waals surface area contributed by atoms with E-state index in [2.05, 4.69) is 15.5 Å². The monoisotopic (exact) mass is 331 g/mol. The van der Waals surface area contributed by atoms with Crippen LogP contribution in [0.5, 0.6) is 0 Å². The molecular weight excluding hydrogens is 302 g/mol. The average Bonchev–Trinajstić information content (AvgIpc) is 2.60. The lowest BCUT2D eigenvalue weighted by atomic mass is 10.0. The van der Waals surface area contributed by atoms with E-state index in [-0.39, 0.29) is 23.8 Å². The molecule has 1 saturated heterocycles. The van der Waals surface area contributed by atoms with E-state index in [1.54, 1.807) is 0 Å². The Morgan fingerprint density at radius 1 is 1.21 bits per heavy atom. The summed E-state index contributed by atoms with van der Waals surface area (Å²) in [6.45, 7) is 8.26. The summed E-state index contributed by atoms with van der Waals surface area (Å²) in [4.78, 5) is 26.4. The number of amides is 2. The number of piperidine rings is 1. The number of hydrogen-bond acceptors (Lipinski definition) is 3. The second kappa shape index (κ2) is 8.71. The highest BCUT2D eigenvalue weighted by atomic mass is 16.2. The van der Waals surface area contributed by atoms with Crippen molar-refractivity contribution in [3.63, 3.8) is 0 Å². The molecule has 24 heavy (non-hydrogen) atoms. The molecule has 132 valence electrons. The maximum Gasteiger partial charge on any atom is 0.253 e. The first-order valence-electron chi connectivity index (χ1n) is 8.95. The van der Waals surface area contributed by atoms with E-state index in [0.29, 0.717) is 6.54 Å². The number of rotatable bonds is 6. The van der Waals surface area contributed by atoms with Gasteiger partial charge in [0.1, 0.15) is 0 Å². The molecule has 1 aromatic rings. The fourth-order valence-electron chi connectivity index (χ4n) is 2.91. The van der Waals surface area contributed by atoms with E-state index in [0.717, 1.165) is 43.6 Å². The molecule has 0 saturated carbocycles. The minimum atomic E-state index is -0.0114. The van der Waals surface area contributed by atoms with Gasteiger partial charge in [-0.1, -0.05) is 32.9 Å². The molecule has 0 bridgehead atoms. The molecule has 1 fully saturated rings. The van der Waals surface area contributed by atoms with Gasteiger partial charge in [-0.3, -0.25) is 9.59 Å². The van der Waals surface area contributed by atoms with Crippen LogP contribution in [0.25, 0.3) is 0 Å². The van der Waals surface area contributed by atoms with Gasteiger partial charge in [0.05, 0.1) is 5.56 Å². The summed E-state index contributed by atoms with van der Waals surface area (Å²) < 4.78 is 0. The second-order valence-electron chi connectivity index (χ2n) is 6.70. The molecule has 2 N–H and O–H groups in total. The Labute approximate surface area is 144 Å². The fraction of sp³-hybridized carbons (Fsp3) is 0.579. The predicted molar refractivity (Wildman–Crippen MR) is 97.3 cm³/mol. The van der Waals surface area contributed by atoms with Crippen LogP contribution in [0, 0.1) is 5.92 Å². The van der Waals surface area contributed by atoms with Crippen LogP contribution in [-0.2, 0) is 4.79 Å². The van der Waals surface area contributed by atoms with E-state index >= 15 is 0 Å². The van der Waals surface area contributed by atoms with E-state index < -0.39 is 0 Å². The van der Waals surface area contributed by atoms with Crippen LogP contribution in [0.15, 0.2) is 24.3 Å². The van der Waals surface area contributed by atoms with Gasteiger partial charge in [-0.25, -0.2) is 0 Å². The maximum absolute atomic E-state index is 12.4. The minimum Gasteiger partial charge on any atom is -0.371 e. The molecular formula is C19H29N3O2. The van der Waals surface area contributed by atoms with Gasteiger partial charge in [-0.15, -0.1) is 0 Å². The summed E-state index contributed by atoms with van der Waals surface area (Å²) >= 11 is 0. The number of benzene rings is 1. The predicted octanol–water partition coefficient (Wildman–Crippen LogP) is 2.57. The zero-order valence-corrected chi connectivity index (χ0v) is 15.0. The third-order valence-electron chi connectivity index (χ3n) is 4.39. The molecule has 0 radical (unpaired) electrons. The maximum atomic E-state index is 12.4. The third-order valence-corrected chi connectivity index (χ3v) is 4.39. The Hall–Kier alpha value is -2.04. The largest absolute Gasteiger partial charge is 0.371 e. The Bertz CT molecular complexity index is 563. The van der Waals surface area contributed by atoms with Crippen molar-refractivity contribution < 1.29 is 9.59 Å². The number of carbonyl (C=O) groups is 2. The number of nitrogens with zero attached hydrogens (tertiary/aromatic N) is 1. The molecule has 2 amide bonds. The molecule has 1 aliphatic heterocycles. The van der Waals surface area contributed by atoms with Gasteiger partial charge in [0.15, 0.2) is 0 Å². The van der Waals surface area contributed by atoms with Crippen molar-refractivity contribution >= 4 is 17.5 Å². The first kappa shape index (κ1) is 18.3. The average molecular weight is 331 g/mol. The molecule has 1 aromatic carbocycles. The van der Waals surface area contributed by atoms with Gasteiger partial charge in [0.2, 0.25) is 5.91 Å². The molecule has 5 heteroatoms. The number of anilines is 1. The molecule has 5 nitrogen and oxygen atoms in total. The number of hydrogen-bond donors (Lipinski definition) is 2. The van der Waals surface area contributed by atoms with E-state index in [9.17, 15) is 9.59 Å². The van der Waals surface area contributed by atoms with E-state index in [1.807, 2.05) is 45.0 Å². The second-order valence-corrected chi connectivity index (χ2v) is 6.70.